The summed E-state index contributed by atoms with van der Waals surface area (Å²) in [5, 5.41) is 9.62. The van der Waals surface area contributed by atoms with Crippen molar-refractivity contribution < 1.29 is 9.59 Å². The Labute approximate surface area is 144 Å². The minimum Gasteiger partial charge on any atom is -0.367 e. The monoisotopic (exact) mass is 340 g/mol. The zero-order chi connectivity index (χ0) is 17.4. The number of rotatable bonds is 3. The number of carbonyl (C=O) groups is 2. The molecule has 2 aliphatic rings. The van der Waals surface area contributed by atoms with Gasteiger partial charge in [-0.3, -0.25) is 14.7 Å². The van der Waals surface area contributed by atoms with E-state index in [1.54, 1.807) is 6.07 Å². The van der Waals surface area contributed by atoms with Crippen LogP contribution in [0.15, 0.2) is 24.3 Å². The van der Waals surface area contributed by atoms with Gasteiger partial charge in [0.15, 0.2) is 0 Å². The molecule has 8 heteroatoms. The molecule has 1 aromatic heterocycles. The van der Waals surface area contributed by atoms with E-state index in [1.165, 1.54) is 0 Å². The van der Waals surface area contributed by atoms with Gasteiger partial charge in [-0.1, -0.05) is 18.2 Å². The second-order valence-electron chi connectivity index (χ2n) is 6.55. The van der Waals surface area contributed by atoms with Crippen LogP contribution in [0.3, 0.4) is 0 Å². The molecule has 0 radical (unpaired) electrons. The number of carbonyl (C=O) groups excluding carboxylic acids is 2. The Morgan fingerprint density at radius 2 is 2.04 bits per heavy atom. The minimum atomic E-state index is -0.233. The Bertz CT molecular complexity index is 809. The second-order valence-corrected chi connectivity index (χ2v) is 6.55. The number of aromatic amines is 1. The quantitative estimate of drug-likeness (QED) is 0.769. The van der Waals surface area contributed by atoms with E-state index in [1.807, 2.05) is 23.1 Å². The van der Waals surface area contributed by atoms with Crippen molar-refractivity contribution in [3.05, 3.63) is 41.2 Å². The normalized spacial score (nSPS) is 20.4. The minimum absolute atomic E-state index is 0.0672. The average molecular weight is 340 g/mol. The van der Waals surface area contributed by atoms with Crippen LogP contribution in [-0.2, 0) is 4.79 Å². The molecule has 25 heavy (non-hydrogen) atoms. The molecule has 0 bridgehead atoms. The van der Waals surface area contributed by atoms with Gasteiger partial charge in [0.1, 0.15) is 5.82 Å². The maximum absolute atomic E-state index is 12.6. The summed E-state index contributed by atoms with van der Waals surface area (Å²) in [4.78, 5) is 30.7. The highest BCUT2D eigenvalue weighted by atomic mass is 16.2. The van der Waals surface area contributed by atoms with E-state index in [-0.39, 0.29) is 29.7 Å². The summed E-state index contributed by atoms with van der Waals surface area (Å²) in [6, 6.07) is 7.20. The van der Waals surface area contributed by atoms with Crippen molar-refractivity contribution in [1.82, 2.24) is 25.4 Å². The van der Waals surface area contributed by atoms with Crippen molar-refractivity contribution in [3.8, 4) is 0 Å². The van der Waals surface area contributed by atoms with Gasteiger partial charge in [-0.15, -0.1) is 5.10 Å². The molecule has 8 nitrogen and oxygen atoms in total. The Kier molecular flexibility index (Phi) is 3.87. The van der Waals surface area contributed by atoms with E-state index in [4.69, 9.17) is 5.73 Å². The van der Waals surface area contributed by atoms with Gasteiger partial charge in [0, 0.05) is 24.6 Å². The maximum atomic E-state index is 12.6. The molecule has 3 heterocycles. The fourth-order valence-corrected chi connectivity index (χ4v) is 3.66. The summed E-state index contributed by atoms with van der Waals surface area (Å²) in [6.07, 6.45) is 1.95. The van der Waals surface area contributed by atoms with Crippen LogP contribution < -0.4 is 11.1 Å². The summed E-state index contributed by atoms with van der Waals surface area (Å²) in [5.41, 5.74) is 7.13. The van der Waals surface area contributed by atoms with E-state index in [9.17, 15) is 9.59 Å². The standard InChI is InChI=1S/C17H20N6O2/c18-17-20-15(21-22-17)10-5-7-23(8-6-10)14(24)9-13-11-3-1-2-4-12(11)16(25)19-13/h1-4,10,13H,5-9H2,(H,19,25)(H3,18,20,21,22). The number of benzene rings is 1. The predicted octanol–water partition coefficient (Wildman–Crippen LogP) is 0.968. The number of aromatic nitrogens is 3. The van der Waals surface area contributed by atoms with Crippen LogP contribution in [0.1, 0.15) is 53.0 Å². The molecule has 1 aromatic carbocycles. The summed E-state index contributed by atoms with van der Waals surface area (Å²) in [6.45, 7) is 1.35. The lowest BCUT2D eigenvalue weighted by Gasteiger charge is -2.31. The molecule has 2 aliphatic heterocycles. The first-order valence-corrected chi connectivity index (χ1v) is 8.47. The van der Waals surface area contributed by atoms with Crippen LogP contribution >= 0.6 is 0 Å². The highest BCUT2D eigenvalue weighted by Crippen LogP contribution is 2.30. The van der Waals surface area contributed by atoms with Crippen LogP contribution in [0.4, 0.5) is 5.95 Å². The lowest BCUT2D eigenvalue weighted by Crippen LogP contribution is -2.39. The van der Waals surface area contributed by atoms with Gasteiger partial charge in [0.2, 0.25) is 11.9 Å². The van der Waals surface area contributed by atoms with Crippen LogP contribution in [0, 0.1) is 0 Å². The van der Waals surface area contributed by atoms with Crippen molar-refractivity contribution in [1.29, 1.82) is 0 Å². The van der Waals surface area contributed by atoms with Crippen LogP contribution in [0.2, 0.25) is 0 Å². The summed E-state index contributed by atoms with van der Waals surface area (Å²) in [5.74, 6) is 1.26. The van der Waals surface area contributed by atoms with Crippen molar-refractivity contribution in [2.24, 2.45) is 0 Å². The van der Waals surface area contributed by atoms with Gasteiger partial charge in [0.25, 0.3) is 5.91 Å². The van der Waals surface area contributed by atoms with Gasteiger partial charge in [0.05, 0.1) is 12.5 Å². The Morgan fingerprint density at radius 3 is 2.76 bits per heavy atom. The van der Waals surface area contributed by atoms with E-state index < -0.39 is 0 Å². The van der Waals surface area contributed by atoms with Gasteiger partial charge in [-0.2, -0.15) is 4.98 Å². The topological polar surface area (TPSA) is 117 Å². The van der Waals surface area contributed by atoms with Gasteiger partial charge >= 0.3 is 0 Å². The molecular weight excluding hydrogens is 320 g/mol. The molecule has 1 atom stereocenters. The average Bonchev–Trinajstić information content (AvgIpc) is 3.20. The summed E-state index contributed by atoms with van der Waals surface area (Å²) in [7, 11) is 0. The number of amides is 2. The molecule has 2 amide bonds. The number of piperidine rings is 1. The molecule has 4 rings (SSSR count). The summed E-state index contributed by atoms with van der Waals surface area (Å²) >= 11 is 0. The Morgan fingerprint density at radius 1 is 1.28 bits per heavy atom. The molecule has 1 unspecified atom stereocenters. The lowest BCUT2D eigenvalue weighted by molar-refractivity contribution is -0.132. The molecule has 1 saturated heterocycles. The van der Waals surface area contributed by atoms with Crippen LogP contribution in [-0.4, -0.2) is 45.0 Å². The van der Waals surface area contributed by atoms with Crippen LogP contribution in [0.5, 0.6) is 0 Å². The third kappa shape index (κ3) is 2.95. The zero-order valence-electron chi connectivity index (χ0n) is 13.7. The molecule has 0 saturated carbocycles. The van der Waals surface area contributed by atoms with Crippen molar-refractivity contribution in [2.75, 3.05) is 18.8 Å². The number of H-pyrrole nitrogens is 1. The lowest BCUT2D eigenvalue weighted by atomic mass is 9.95. The molecule has 4 N–H and O–H groups in total. The first-order chi connectivity index (χ1) is 12.1. The van der Waals surface area contributed by atoms with E-state index in [0.29, 0.717) is 25.1 Å². The van der Waals surface area contributed by atoms with E-state index in [0.717, 1.165) is 24.2 Å². The van der Waals surface area contributed by atoms with Gasteiger partial charge in [-0.25, -0.2) is 0 Å². The smallest absolute Gasteiger partial charge is 0.252 e. The predicted molar refractivity (Wildman–Crippen MR) is 90.6 cm³/mol. The van der Waals surface area contributed by atoms with Crippen molar-refractivity contribution in [3.63, 3.8) is 0 Å². The molecule has 2 aromatic rings. The first-order valence-electron chi connectivity index (χ1n) is 8.47. The first kappa shape index (κ1) is 15.6. The molecule has 0 aliphatic carbocycles. The third-order valence-electron chi connectivity index (χ3n) is 5.02. The highest BCUT2D eigenvalue weighted by molar-refractivity contribution is 5.99. The number of hydrogen-bond acceptors (Lipinski definition) is 5. The van der Waals surface area contributed by atoms with Gasteiger partial charge in [-0.05, 0) is 24.5 Å². The maximum Gasteiger partial charge on any atom is 0.252 e. The Balaban J connectivity index is 1.36. The van der Waals surface area contributed by atoms with E-state index in [2.05, 4.69) is 20.5 Å². The number of anilines is 1. The highest BCUT2D eigenvalue weighted by Gasteiger charge is 2.32. The number of nitrogens with zero attached hydrogens (tertiary/aromatic N) is 3. The van der Waals surface area contributed by atoms with Gasteiger partial charge < -0.3 is 16.0 Å². The molecule has 0 spiro atoms. The number of fused-ring (bicyclic) bond motifs is 1. The second kappa shape index (κ2) is 6.19. The largest absolute Gasteiger partial charge is 0.367 e. The SMILES string of the molecule is Nc1n[nH]c(C2CCN(C(=O)CC3NC(=O)c4ccccc43)CC2)n1. The van der Waals surface area contributed by atoms with Crippen molar-refractivity contribution in [2.45, 2.75) is 31.2 Å². The van der Waals surface area contributed by atoms with Crippen LogP contribution in [0.25, 0.3) is 0 Å². The zero-order valence-corrected chi connectivity index (χ0v) is 13.7. The number of likely N-dealkylation sites (tertiary alicyclic amines) is 1. The Hall–Kier alpha value is -2.90. The fraction of sp³-hybridized carbons (Fsp3) is 0.412. The number of nitrogens with two attached hydrogens (primary N) is 1. The number of hydrogen-bond donors (Lipinski definition) is 3. The third-order valence-corrected chi connectivity index (χ3v) is 5.02. The fourth-order valence-electron chi connectivity index (χ4n) is 3.66. The van der Waals surface area contributed by atoms with Crippen molar-refractivity contribution >= 4 is 17.8 Å². The summed E-state index contributed by atoms with van der Waals surface area (Å²) < 4.78 is 0. The molecule has 130 valence electrons. The molecular formula is C17H20N6O2. The van der Waals surface area contributed by atoms with E-state index >= 15 is 0 Å². The number of nitrogens with one attached hydrogen (secondary N) is 2. The number of nitrogen functional groups attached to an aromatic ring is 1. The molecule has 1 fully saturated rings.